The molecule has 4 aliphatic rings. The van der Waals surface area contributed by atoms with E-state index >= 15 is 9.59 Å². The minimum atomic E-state index is -1.53. The number of ether oxygens (including phenoxy) is 2. The molecule has 2 N–H and O–H groups in total. The Morgan fingerprint density at radius 2 is 1.63 bits per heavy atom. The quantitative estimate of drug-likeness (QED) is 0.106. The lowest BCUT2D eigenvalue weighted by molar-refractivity contribution is -0.139. The monoisotopic (exact) mass is 880 g/mol. The molecule has 5 aromatic carbocycles. The van der Waals surface area contributed by atoms with Crippen LogP contribution in [0.4, 0.5) is 11.4 Å². The SMILES string of the molecule is COc1ccc(C23C(=O)N(Nc4ccc(Cl)cc4Cl)C(=O)C2CC2C(=CCC4C(=O)N(c5ccc(-c6nc7ccccc7o6)cc5)C(=O)C42)C3C=Cc2ccc(O)c(OC)c2)cc1. The Morgan fingerprint density at radius 1 is 0.857 bits per heavy atom. The second kappa shape index (κ2) is 15.5. The van der Waals surface area contributed by atoms with Crippen LogP contribution in [-0.2, 0) is 24.6 Å². The molecule has 0 bridgehead atoms. The molecule has 2 aliphatic carbocycles. The van der Waals surface area contributed by atoms with Gasteiger partial charge in [0.25, 0.3) is 11.8 Å². The molecule has 316 valence electrons. The zero-order valence-electron chi connectivity index (χ0n) is 33.8. The number of hydrogen-bond donors (Lipinski definition) is 2. The van der Waals surface area contributed by atoms with Crippen molar-refractivity contribution in [1.82, 2.24) is 9.99 Å². The number of methoxy groups -OCH3 is 2. The molecule has 0 radical (unpaired) electrons. The van der Waals surface area contributed by atoms with Crippen molar-refractivity contribution < 1.29 is 38.2 Å². The van der Waals surface area contributed by atoms with E-state index in [1.54, 1.807) is 79.9 Å². The number of hydrazine groups is 1. The van der Waals surface area contributed by atoms with E-state index in [0.717, 1.165) is 10.6 Å². The summed E-state index contributed by atoms with van der Waals surface area (Å²) in [6, 6.07) is 31.1. The molecule has 63 heavy (non-hydrogen) atoms. The average Bonchev–Trinajstić information content (AvgIpc) is 3.91. The van der Waals surface area contributed by atoms with Crippen LogP contribution < -0.4 is 19.8 Å². The van der Waals surface area contributed by atoms with Gasteiger partial charge in [-0.3, -0.25) is 29.5 Å². The van der Waals surface area contributed by atoms with E-state index in [1.807, 2.05) is 42.5 Å². The molecule has 10 rings (SSSR count). The lowest BCUT2D eigenvalue weighted by atomic mass is 9.50. The summed E-state index contributed by atoms with van der Waals surface area (Å²) >= 11 is 12.8. The summed E-state index contributed by atoms with van der Waals surface area (Å²) in [4.78, 5) is 65.7. The van der Waals surface area contributed by atoms with Crippen molar-refractivity contribution in [1.29, 1.82) is 0 Å². The molecule has 3 fully saturated rings. The van der Waals surface area contributed by atoms with Crippen molar-refractivity contribution in [3.63, 3.8) is 0 Å². The summed E-state index contributed by atoms with van der Waals surface area (Å²) in [5, 5.41) is 12.0. The Kier molecular flexibility index (Phi) is 9.87. The fourth-order valence-corrected chi connectivity index (χ4v) is 10.5. The Bertz CT molecular complexity index is 2900. The van der Waals surface area contributed by atoms with E-state index in [9.17, 15) is 14.7 Å². The number of allylic oxidation sites excluding steroid dienone is 3. The van der Waals surface area contributed by atoms with Gasteiger partial charge in [-0.2, -0.15) is 5.01 Å². The lowest BCUT2D eigenvalue weighted by Crippen LogP contribution is -2.54. The van der Waals surface area contributed by atoms with E-state index in [4.69, 9.17) is 37.1 Å². The minimum Gasteiger partial charge on any atom is -0.504 e. The predicted octanol–water partition coefficient (Wildman–Crippen LogP) is 9.26. The Hall–Kier alpha value is -6.89. The van der Waals surface area contributed by atoms with Gasteiger partial charge in [-0.1, -0.05) is 77.3 Å². The number of oxazole rings is 1. The van der Waals surface area contributed by atoms with Gasteiger partial charge in [0.2, 0.25) is 17.7 Å². The molecular formula is C49H38Cl2N4O8. The number of carbonyl (C=O) groups excluding carboxylic acids is 4. The molecule has 6 unspecified atom stereocenters. The highest BCUT2D eigenvalue weighted by atomic mass is 35.5. The number of nitrogens with one attached hydrogen (secondary N) is 1. The largest absolute Gasteiger partial charge is 0.504 e. The second-order valence-corrected chi connectivity index (χ2v) is 16.9. The van der Waals surface area contributed by atoms with Crippen LogP contribution in [0, 0.1) is 29.6 Å². The average molecular weight is 882 g/mol. The third kappa shape index (κ3) is 6.38. The maximum absolute atomic E-state index is 15.5. The first-order valence-electron chi connectivity index (χ1n) is 20.4. The molecular weight excluding hydrogens is 843 g/mol. The molecule has 2 saturated heterocycles. The fraction of sp³-hybridized carbons (Fsp3) is 0.204. The molecule has 12 nitrogen and oxygen atoms in total. The van der Waals surface area contributed by atoms with E-state index < -0.39 is 46.8 Å². The zero-order valence-corrected chi connectivity index (χ0v) is 35.3. The van der Waals surface area contributed by atoms with Crippen LogP contribution in [0.2, 0.25) is 10.0 Å². The van der Waals surface area contributed by atoms with Crippen LogP contribution in [0.1, 0.15) is 24.0 Å². The van der Waals surface area contributed by atoms with Gasteiger partial charge in [-0.15, -0.1) is 0 Å². The highest BCUT2D eigenvalue weighted by Crippen LogP contribution is 2.62. The molecule has 4 amide bonds. The molecule has 3 heterocycles. The standard InChI is InChI=1S/C49H38Cl2N4O8/c1-61-31-16-11-28(12-17-31)49-35(20-7-26-8-22-40(56)42(23-26)62-2)32-18-19-33-43(34(32)25-36(49)46(58)55(48(49)60)53-38-21-13-29(50)24-37(38)51)47(59)54(45(33)57)30-14-9-27(10-15-30)44-52-39-5-3-4-6-41(39)63-44/h3-18,20-24,33-36,43,53,56H,19,25H2,1-2H3. The molecule has 6 aromatic rings. The number of anilines is 2. The number of para-hydroxylation sites is 2. The van der Waals surface area contributed by atoms with Gasteiger partial charge in [-0.05, 0) is 109 Å². The number of phenolic OH excluding ortho intramolecular Hbond substituents is 1. The van der Waals surface area contributed by atoms with Crippen molar-refractivity contribution >= 4 is 75.4 Å². The molecule has 1 aromatic heterocycles. The van der Waals surface area contributed by atoms with Crippen molar-refractivity contribution in [2.45, 2.75) is 18.3 Å². The normalized spacial score (nSPS) is 24.1. The number of imide groups is 2. The molecule has 0 spiro atoms. The van der Waals surface area contributed by atoms with Gasteiger partial charge >= 0.3 is 0 Å². The smallest absolute Gasteiger partial charge is 0.260 e. The number of hydrogen-bond acceptors (Lipinski definition) is 10. The van der Waals surface area contributed by atoms with E-state index in [-0.39, 0.29) is 41.2 Å². The molecule has 14 heteroatoms. The molecule has 6 atom stereocenters. The third-order valence-corrected chi connectivity index (χ3v) is 13.5. The number of halogens is 2. The van der Waals surface area contributed by atoms with Crippen LogP contribution >= 0.6 is 23.2 Å². The Balaban J connectivity index is 1.08. The Morgan fingerprint density at radius 3 is 2.37 bits per heavy atom. The topological polar surface area (TPSA) is 152 Å². The number of phenols is 1. The number of aromatic hydroxyl groups is 1. The number of amides is 4. The Labute approximate surface area is 371 Å². The van der Waals surface area contributed by atoms with Gasteiger partial charge < -0.3 is 19.0 Å². The van der Waals surface area contributed by atoms with Gasteiger partial charge in [0.1, 0.15) is 11.3 Å². The zero-order chi connectivity index (χ0) is 43.7. The molecule has 1 saturated carbocycles. The van der Waals surface area contributed by atoms with Gasteiger partial charge in [0.05, 0.1) is 53.8 Å². The van der Waals surface area contributed by atoms with Crippen LogP contribution in [-0.4, -0.2) is 52.9 Å². The summed E-state index contributed by atoms with van der Waals surface area (Å²) in [6.45, 7) is 0. The van der Waals surface area contributed by atoms with Crippen molar-refractivity contribution in [3.8, 4) is 28.7 Å². The summed E-state index contributed by atoms with van der Waals surface area (Å²) in [7, 11) is 3.00. The van der Waals surface area contributed by atoms with Crippen molar-refractivity contribution in [3.05, 3.63) is 148 Å². The van der Waals surface area contributed by atoms with E-state index in [0.29, 0.717) is 55.8 Å². The van der Waals surface area contributed by atoms with Crippen LogP contribution in [0.3, 0.4) is 0 Å². The number of nitrogens with zero attached hydrogens (tertiary/aromatic N) is 3. The third-order valence-electron chi connectivity index (χ3n) is 13.0. The van der Waals surface area contributed by atoms with E-state index in [1.165, 1.54) is 24.1 Å². The summed E-state index contributed by atoms with van der Waals surface area (Å²) in [5.41, 5.74) is 6.20. The number of benzene rings is 5. The fourth-order valence-electron chi connectivity index (χ4n) is 10.1. The summed E-state index contributed by atoms with van der Waals surface area (Å²) in [5.74, 6) is -4.50. The highest BCUT2D eigenvalue weighted by Gasteiger charge is 2.69. The van der Waals surface area contributed by atoms with Crippen LogP contribution in [0.25, 0.3) is 28.6 Å². The maximum atomic E-state index is 15.5. The minimum absolute atomic E-state index is 0.0443. The number of rotatable bonds is 9. The predicted molar refractivity (Wildman–Crippen MR) is 237 cm³/mol. The lowest BCUT2D eigenvalue weighted by Gasteiger charge is -2.49. The van der Waals surface area contributed by atoms with Gasteiger partial charge in [0, 0.05) is 16.5 Å². The highest BCUT2D eigenvalue weighted by molar-refractivity contribution is 6.36. The summed E-state index contributed by atoms with van der Waals surface area (Å²) in [6.07, 6.45) is 6.02. The first-order chi connectivity index (χ1) is 30.5. The first-order valence-corrected chi connectivity index (χ1v) is 21.1. The maximum Gasteiger partial charge on any atom is 0.260 e. The van der Waals surface area contributed by atoms with Crippen LogP contribution in [0.5, 0.6) is 17.2 Å². The number of fused-ring (bicyclic) bond motifs is 5. The van der Waals surface area contributed by atoms with E-state index in [2.05, 4.69) is 10.4 Å². The molecule has 2 aliphatic heterocycles. The van der Waals surface area contributed by atoms with Gasteiger partial charge in [0.15, 0.2) is 17.1 Å². The van der Waals surface area contributed by atoms with Gasteiger partial charge in [-0.25, -0.2) is 4.98 Å². The van der Waals surface area contributed by atoms with Crippen molar-refractivity contribution in [2.75, 3.05) is 24.5 Å². The van der Waals surface area contributed by atoms with Crippen LogP contribution in [0.15, 0.2) is 131 Å². The second-order valence-electron chi connectivity index (χ2n) is 16.1. The van der Waals surface area contributed by atoms with Crippen molar-refractivity contribution in [2.24, 2.45) is 29.6 Å². The summed E-state index contributed by atoms with van der Waals surface area (Å²) < 4.78 is 16.9. The number of carbonyl (C=O) groups is 4. The first kappa shape index (κ1) is 40.2. The number of aromatic nitrogens is 1.